The lowest BCUT2D eigenvalue weighted by molar-refractivity contribution is -0.139. The first-order valence-electron chi connectivity index (χ1n) is 21.2. The van der Waals surface area contributed by atoms with Gasteiger partial charge in [0.2, 0.25) is 11.8 Å². The topological polar surface area (TPSA) is 197 Å². The maximum absolute atomic E-state index is 14.2. The van der Waals surface area contributed by atoms with Crippen LogP contribution in [0.15, 0.2) is 71.3 Å². The summed E-state index contributed by atoms with van der Waals surface area (Å²) >= 11 is 0. The van der Waals surface area contributed by atoms with Gasteiger partial charge in [0.05, 0.1) is 23.1 Å². The summed E-state index contributed by atoms with van der Waals surface area (Å²) in [6.45, 7) is 9.97. The zero-order valence-corrected chi connectivity index (χ0v) is 35.9. The fourth-order valence-corrected chi connectivity index (χ4v) is 9.52. The molecule has 328 valence electrons. The highest BCUT2D eigenvalue weighted by atomic mass is 19.1. The van der Waals surface area contributed by atoms with E-state index in [1.165, 1.54) is 9.36 Å². The zero-order valence-electron chi connectivity index (χ0n) is 35.9. The summed E-state index contributed by atoms with van der Waals surface area (Å²) < 4.78 is 31.4. The molecule has 2 aliphatic heterocycles. The smallest absolute Gasteiger partial charge is 0.269 e. The van der Waals surface area contributed by atoms with Crippen LogP contribution in [0.25, 0.3) is 21.8 Å². The SMILES string of the molecule is CC(C)=C(F)[C@@H](C)CC(=O)[C@@H]1C[C@H]2C[C@H]2N1C(=O)Cn1nc(C(N)=O)c2ccccc21.CC(C)=C(F)[C@H](C)CC(=O)[C@@H]1C[C@H]2C[C@H]2N1C(=O)Cn1nc(C(N)=O)c2ccccc21. The molecule has 4 heterocycles. The van der Waals surface area contributed by atoms with Crippen molar-refractivity contribution in [1.82, 2.24) is 29.4 Å². The Balaban J connectivity index is 0.000000186. The Morgan fingerprint density at radius 3 is 1.31 bits per heavy atom. The van der Waals surface area contributed by atoms with E-state index in [2.05, 4.69) is 10.2 Å². The average molecular weight is 853 g/mol. The molecule has 2 aromatic heterocycles. The molecule has 4 N–H and O–H groups in total. The highest BCUT2D eigenvalue weighted by molar-refractivity contribution is 6.05. The van der Waals surface area contributed by atoms with Crippen LogP contribution < -0.4 is 11.5 Å². The molecule has 2 saturated heterocycles. The minimum atomic E-state index is -0.658. The van der Waals surface area contributed by atoms with Crippen LogP contribution in [0.1, 0.15) is 101 Å². The molecule has 4 fully saturated rings. The fourth-order valence-electron chi connectivity index (χ4n) is 9.52. The maximum Gasteiger partial charge on any atom is 0.269 e. The van der Waals surface area contributed by atoms with Gasteiger partial charge in [-0.3, -0.25) is 38.1 Å². The van der Waals surface area contributed by atoms with E-state index < -0.39 is 35.7 Å². The molecule has 0 radical (unpaired) electrons. The summed E-state index contributed by atoms with van der Waals surface area (Å²) in [5.74, 6) is -2.84. The van der Waals surface area contributed by atoms with Crippen LogP contribution in [-0.2, 0) is 32.3 Å². The number of primary amides is 2. The van der Waals surface area contributed by atoms with Crippen LogP contribution in [0.5, 0.6) is 0 Å². The minimum absolute atomic E-state index is 0.0579. The quantitative estimate of drug-likeness (QED) is 0.155. The largest absolute Gasteiger partial charge is 0.364 e. The van der Waals surface area contributed by atoms with Gasteiger partial charge in [0.15, 0.2) is 23.0 Å². The van der Waals surface area contributed by atoms with Gasteiger partial charge >= 0.3 is 0 Å². The highest BCUT2D eigenvalue weighted by Gasteiger charge is 2.57. The van der Waals surface area contributed by atoms with Crippen molar-refractivity contribution in [2.45, 2.75) is 117 Å². The number of allylic oxidation sites excluding steroid dienone is 4. The molecular weight excluding hydrogens is 799 g/mol. The van der Waals surface area contributed by atoms with Gasteiger partial charge in [0.1, 0.15) is 24.7 Å². The molecule has 4 amide bonds. The Labute approximate surface area is 358 Å². The number of piperidine rings is 2. The number of likely N-dealkylation sites (tertiary alicyclic amines) is 2. The van der Waals surface area contributed by atoms with E-state index in [-0.39, 0.29) is 84.4 Å². The molecule has 0 spiro atoms. The number of nitrogens with zero attached hydrogens (tertiary/aromatic N) is 6. The molecule has 16 heteroatoms. The lowest BCUT2D eigenvalue weighted by atomic mass is 9.95. The highest BCUT2D eigenvalue weighted by Crippen LogP contribution is 2.50. The van der Waals surface area contributed by atoms with E-state index in [1.54, 1.807) is 99.9 Å². The summed E-state index contributed by atoms with van der Waals surface area (Å²) in [6.07, 6.45) is 3.18. The van der Waals surface area contributed by atoms with Gasteiger partial charge in [0, 0.05) is 47.5 Å². The van der Waals surface area contributed by atoms with Crippen molar-refractivity contribution in [3.63, 3.8) is 0 Å². The monoisotopic (exact) mass is 852 g/mol. The van der Waals surface area contributed by atoms with Gasteiger partial charge < -0.3 is 21.3 Å². The number of rotatable bonds is 14. The predicted molar refractivity (Wildman–Crippen MR) is 227 cm³/mol. The van der Waals surface area contributed by atoms with Crippen molar-refractivity contribution in [3.8, 4) is 0 Å². The molecule has 8 rings (SSSR count). The zero-order chi connectivity index (χ0) is 44.9. The summed E-state index contributed by atoms with van der Waals surface area (Å²) in [6, 6.07) is 13.2. The number of aromatic nitrogens is 4. The molecule has 0 unspecified atom stereocenters. The van der Waals surface area contributed by atoms with Crippen LogP contribution in [0, 0.1) is 23.7 Å². The van der Waals surface area contributed by atoms with Gasteiger partial charge in [-0.15, -0.1) is 0 Å². The van der Waals surface area contributed by atoms with Crippen LogP contribution in [0.3, 0.4) is 0 Å². The Hall–Kier alpha value is -6.06. The van der Waals surface area contributed by atoms with Crippen LogP contribution >= 0.6 is 0 Å². The van der Waals surface area contributed by atoms with Crippen molar-refractivity contribution in [2.24, 2.45) is 35.1 Å². The number of carbonyl (C=O) groups excluding carboxylic acids is 6. The van der Waals surface area contributed by atoms with Gasteiger partial charge in [-0.25, -0.2) is 8.78 Å². The van der Waals surface area contributed by atoms with Crippen LogP contribution in [-0.4, -0.2) is 88.7 Å². The van der Waals surface area contributed by atoms with Crippen LogP contribution in [0.4, 0.5) is 8.78 Å². The Bertz CT molecular complexity index is 2380. The van der Waals surface area contributed by atoms with Crippen molar-refractivity contribution < 1.29 is 37.5 Å². The minimum Gasteiger partial charge on any atom is -0.364 e. The van der Waals surface area contributed by atoms with Gasteiger partial charge in [-0.1, -0.05) is 50.2 Å². The van der Waals surface area contributed by atoms with E-state index in [9.17, 15) is 37.5 Å². The molecule has 14 nitrogen and oxygen atoms in total. The predicted octanol–water partition coefficient (Wildman–Crippen LogP) is 5.97. The standard InChI is InChI=1S/2C23H27FN4O3/c2*1-12(2)21(24)13(3)8-19(29)18-10-14-9-17(14)28(18)20(30)11-27-16-7-5-4-6-15(16)22(26-27)23(25)31/h2*4-7,13-14,17-18H,8-11H2,1-3H3,(H2,25,31)/t13-,14+,17+,18-;13-,14-,17-,18+/m01/s1. The number of para-hydroxylation sites is 2. The summed E-state index contributed by atoms with van der Waals surface area (Å²) in [5, 5.41) is 9.69. The van der Waals surface area contributed by atoms with Crippen molar-refractivity contribution in [1.29, 1.82) is 0 Å². The van der Waals surface area contributed by atoms with E-state index >= 15 is 0 Å². The Kier molecular flexibility index (Phi) is 12.3. The molecule has 2 aromatic carbocycles. The molecule has 0 bridgehead atoms. The molecule has 62 heavy (non-hydrogen) atoms. The van der Waals surface area contributed by atoms with E-state index in [1.807, 2.05) is 0 Å². The van der Waals surface area contributed by atoms with Gasteiger partial charge in [-0.05, 0) is 88.5 Å². The third-order valence-corrected chi connectivity index (χ3v) is 12.7. The first kappa shape index (κ1) is 44.0. The second kappa shape index (κ2) is 17.4. The summed E-state index contributed by atoms with van der Waals surface area (Å²) in [5.41, 5.74) is 13.5. The third-order valence-electron chi connectivity index (χ3n) is 12.7. The number of carbonyl (C=O) groups is 6. The lowest BCUT2D eigenvalue weighted by Gasteiger charge is -2.27. The number of ketones is 2. The second-order valence-corrected chi connectivity index (χ2v) is 17.8. The van der Waals surface area contributed by atoms with Crippen LogP contribution in [0.2, 0.25) is 0 Å². The average Bonchev–Trinajstić information content (AvgIpc) is 3.95. The Morgan fingerprint density at radius 2 is 0.968 bits per heavy atom. The van der Waals surface area contributed by atoms with Gasteiger partial charge in [0.25, 0.3) is 11.8 Å². The molecule has 2 aliphatic carbocycles. The third kappa shape index (κ3) is 8.68. The van der Waals surface area contributed by atoms with Crippen molar-refractivity contribution in [2.75, 3.05) is 0 Å². The van der Waals surface area contributed by atoms with Crippen molar-refractivity contribution in [3.05, 3.63) is 82.7 Å². The number of nitrogens with two attached hydrogens (primary N) is 2. The summed E-state index contributed by atoms with van der Waals surface area (Å²) in [4.78, 5) is 79.2. The normalized spacial score (nSPS) is 22.8. The summed E-state index contributed by atoms with van der Waals surface area (Å²) in [7, 11) is 0. The number of fused-ring (bicyclic) bond motifs is 4. The molecule has 4 aromatic rings. The van der Waals surface area contributed by atoms with E-state index in [0.717, 1.165) is 12.8 Å². The number of halogens is 2. The molecule has 4 aliphatic rings. The maximum atomic E-state index is 14.2. The lowest BCUT2D eigenvalue weighted by Crippen LogP contribution is -2.45. The fraction of sp³-hybridized carbons (Fsp3) is 0.478. The number of benzene rings is 2. The number of Topliss-reactive ketones (excluding diaryl/α,β-unsaturated/α-hetero) is 2. The number of amides is 4. The van der Waals surface area contributed by atoms with Crippen molar-refractivity contribution >= 4 is 57.0 Å². The van der Waals surface area contributed by atoms with E-state index in [0.29, 0.717) is 57.6 Å². The number of hydrogen-bond acceptors (Lipinski definition) is 8. The molecule has 2 saturated carbocycles. The Morgan fingerprint density at radius 1 is 0.613 bits per heavy atom. The van der Waals surface area contributed by atoms with E-state index in [4.69, 9.17) is 11.5 Å². The number of hydrogen-bond donors (Lipinski definition) is 2. The molecular formula is C46H54F2N8O6. The first-order chi connectivity index (χ1) is 29.4. The second-order valence-electron chi connectivity index (χ2n) is 17.8. The van der Waals surface area contributed by atoms with Gasteiger partial charge in [-0.2, -0.15) is 10.2 Å². The first-order valence-corrected chi connectivity index (χ1v) is 21.2. The molecule has 8 atom stereocenters.